The van der Waals surface area contributed by atoms with E-state index >= 15 is 0 Å². The molecule has 0 atom stereocenters. The first-order valence-corrected chi connectivity index (χ1v) is 7.49. The lowest BCUT2D eigenvalue weighted by Gasteiger charge is -2.06. The number of nitrogens with one attached hydrogen (secondary N) is 1. The number of amides is 1. The number of benzene rings is 2. The van der Waals surface area contributed by atoms with E-state index in [4.69, 9.17) is 0 Å². The van der Waals surface area contributed by atoms with Crippen LogP contribution in [-0.4, -0.2) is 13.7 Å². The van der Waals surface area contributed by atoms with Crippen LogP contribution in [0, 0.1) is 0 Å². The monoisotopic (exact) mass is 389 g/mol. The van der Waals surface area contributed by atoms with Gasteiger partial charge in [0.2, 0.25) is 0 Å². The van der Waals surface area contributed by atoms with E-state index < -0.39 is 0 Å². The van der Waals surface area contributed by atoms with Crippen molar-refractivity contribution in [3.63, 3.8) is 0 Å². The van der Waals surface area contributed by atoms with Crippen molar-refractivity contribution in [2.45, 2.75) is 0 Å². The fourth-order valence-corrected chi connectivity index (χ4v) is 2.36. The highest BCUT2D eigenvalue weighted by molar-refractivity contribution is 14.1. The van der Waals surface area contributed by atoms with Crippen LogP contribution in [0.1, 0.15) is 0 Å². The largest absolute Gasteiger partial charge is 0.302 e. The van der Waals surface area contributed by atoms with Gasteiger partial charge in [-0.2, -0.15) is 5.10 Å². The third-order valence-corrected chi connectivity index (χ3v) is 3.28. The first-order valence-electron chi connectivity index (χ1n) is 6.41. The fourth-order valence-electron chi connectivity index (χ4n) is 2.09. The van der Waals surface area contributed by atoms with Gasteiger partial charge in [-0.1, -0.05) is 48.5 Å². The Morgan fingerprint density at radius 2 is 1.62 bits per heavy atom. The molecule has 0 fully saturated rings. The minimum Gasteiger partial charge on any atom is -0.302 e. The van der Waals surface area contributed by atoms with E-state index in [1.54, 1.807) is 27.3 Å². The van der Waals surface area contributed by atoms with Crippen LogP contribution in [0.3, 0.4) is 0 Å². The molecule has 1 aromatic heterocycles. The molecule has 0 aliphatic carbocycles. The average molecular weight is 389 g/mol. The van der Waals surface area contributed by atoms with E-state index in [1.807, 2.05) is 66.7 Å². The van der Waals surface area contributed by atoms with Gasteiger partial charge in [0, 0.05) is 34.2 Å². The van der Waals surface area contributed by atoms with E-state index in [-0.39, 0.29) is 3.91 Å². The molecule has 0 aliphatic heterocycles. The minimum absolute atomic E-state index is 0.149. The van der Waals surface area contributed by atoms with Crippen LogP contribution in [0.25, 0.3) is 16.9 Å². The number of nitrogens with zero attached hydrogens (tertiary/aromatic N) is 2. The standard InChI is InChI=1S/C16H12IN3O/c17-16(21)18-15-11-14(12-7-3-1-4-8-12)19-20(15)13-9-5-2-6-10-13/h1-11H,(H,18,21). The van der Waals surface area contributed by atoms with Crippen LogP contribution in [0.2, 0.25) is 0 Å². The molecule has 1 N–H and O–H groups in total. The molecule has 0 radical (unpaired) electrons. The van der Waals surface area contributed by atoms with E-state index in [0.717, 1.165) is 16.9 Å². The number of halogens is 1. The maximum atomic E-state index is 11.4. The highest BCUT2D eigenvalue weighted by Crippen LogP contribution is 2.24. The zero-order chi connectivity index (χ0) is 14.7. The first kappa shape index (κ1) is 13.8. The summed E-state index contributed by atoms with van der Waals surface area (Å²) in [5.74, 6) is 0.652. The van der Waals surface area contributed by atoms with Crippen molar-refractivity contribution < 1.29 is 4.79 Å². The number of anilines is 1. The van der Waals surface area contributed by atoms with Gasteiger partial charge in [0.1, 0.15) is 5.82 Å². The highest BCUT2D eigenvalue weighted by atomic mass is 127. The van der Waals surface area contributed by atoms with Crippen LogP contribution in [0.4, 0.5) is 10.6 Å². The molecule has 21 heavy (non-hydrogen) atoms. The summed E-state index contributed by atoms with van der Waals surface area (Å²) >= 11 is 1.71. The molecule has 0 aliphatic rings. The van der Waals surface area contributed by atoms with Gasteiger partial charge >= 0.3 is 0 Å². The summed E-state index contributed by atoms with van der Waals surface area (Å²) in [7, 11) is 0. The number of rotatable bonds is 3. The van der Waals surface area contributed by atoms with Crippen LogP contribution >= 0.6 is 22.6 Å². The van der Waals surface area contributed by atoms with Crippen LogP contribution in [-0.2, 0) is 0 Å². The first-order chi connectivity index (χ1) is 10.2. The Kier molecular flexibility index (Phi) is 4.01. The minimum atomic E-state index is -0.149. The lowest BCUT2D eigenvalue weighted by Crippen LogP contribution is -2.07. The summed E-state index contributed by atoms with van der Waals surface area (Å²) in [6, 6.07) is 21.5. The number of para-hydroxylation sites is 1. The van der Waals surface area contributed by atoms with Crippen LogP contribution < -0.4 is 5.32 Å². The second-order valence-electron chi connectivity index (χ2n) is 4.43. The van der Waals surface area contributed by atoms with Crippen LogP contribution in [0.5, 0.6) is 0 Å². The molecule has 2 aromatic carbocycles. The number of carbonyl (C=O) groups is 1. The second-order valence-corrected chi connectivity index (χ2v) is 5.41. The van der Waals surface area contributed by atoms with Gasteiger partial charge in [0.25, 0.3) is 3.91 Å². The second kappa shape index (κ2) is 6.09. The summed E-state index contributed by atoms with van der Waals surface area (Å²) < 4.78 is 1.59. The Bertz CT molecular complexity index is 754. The molecular weight excluding hydrogens is 377 g/mol. The fraction of sp³-hybridized carbons (Fsp3) is 0. The zero-order valence-electron chi connectivity index (χ0n) is 11.0. The molecule has 0 spiro atoms. The molecule has 0 bridgehead atoms. The molecule has 0 unspecified atom stereocenters. The maximum Gasteiger partial charge on any atom is 0.286 e. The van der Waals surface area contributed by atoms with Gasteiger partial charge in [0.15, 0.2) is 0 Å². The Hall–Kier alpha value is -2.15. The lowest BCUT2D eigenvalue weighted by atomic mass is 10.2. The molecule has 4 nitrogen and oxygen atoms in total. The van der Waals surface area contributed by atoms with E-state index in [9.17, 15) is 4.79 Å². The van der Waals surface area contributed by atoms with Crippen molar-refractivity contribution in [3.05, 3.63) is 66.7 Å². The summed E-state index contributed by atoms with van der Waals surface area (Å²) in [6.07, 6.45) is 0. The molecular formula is C16H12IN3O. The Labute approximate surface area is 135 Å². The van der Waals surface area contributed by atoms with Gasteiger partial charge in [-0.3, -0.25) is 4.79 Å². The van der Waals surface area contributed by atoms with E-state index in [0.29, 0.717) is 5.82 Å². The number of hydrogen-bond donors (Lipinski definition) is 1. The SMILES string of the molecule is O=C(I)Nc1cc(-c2ccccc2)nn1-c1ccccc1. The Morgan fingerprint density at radius 3 is 2.24 bits per heavy atom. The Morgan fingerprint density at radius 1 is 1.00 bits per heavy atom. The molecule has 0 saturated carbocycles. The van der Waals surface area contributed by atoms with Crippen molar-refractivity contribution in [2.75, 3.05) is 5.32 Å². The average Bonchev–Trinajstić information content (AvgIpc) is 2.92. The molecule has 1 amide bonds. The maximum absolute atomic E-state index is 11.4. The third kappa shape index (κ3) is 3.13. The third-order valence-electron chi connectivity index (χ3n) is 3.01. The lowest BCUT2D eigenvalue weighted by molar-refractivity contribution is 0.271. The predicted molar refractivity (Wildman–Crippen MR) is 92.0 cm³/mol. The van der Waals surface area contributed by atoms with E-state index in [1.165, 1.54) is 0 Å². The van der Waals surface area contributed by atoms with E-state index in [2.05, 4.69) is 10.4 Å². The molecule has 3 rings (SSSR count). The molecule has 5 heteroatoms. The topological polar surface area (TPSA) is 46.9 Å². The zero-order valence-corrected chi connectivity index (χ0v) is 13.2. The van der Waals surface area contributed by atoms with Crippen molar-refractivity contribution in [3.8, 4) is 16.9 Å². The summed E-state index contributed by atoms with van der Waals surface area (Å²) in [5, 5.41) is 7.41. The van der Waals surface area contributed by atoms with Crippen molar-refractivity contribution in [2.24, 2.45) is 0 Å². The van der Waals surface area contributed by atoms with Crippen molar-refractivity contribution >= 4 is 32.3 Å². The number of aromatic nitrogens is 2. The summed E-state index contributed by atoms with van der Waals surface area (Å²) in [6.45, 7) is 0. The van der Waals surface area contributed by atoms with Gasteiger partial charge in [0.05, 0.1) is 11.4 Å². The molecule has 104 valence electrons. The summed E-state index contributed by atoms with van der Waals surface area (Å²) in [4.78, 5) is 11.4. The quantitative estimate of drug-likeness (QED) is 0.407. The van der Waals surface area contributed by atoms with Crippen molar-refractivity contribution in [1.82, 2.24) is 9.78 Å². The molecule has 1 heterocycles. The molecule has 3 aromatic rings. The Balaban J connectivity index is 2.10. The predicted octanol–water partition coefficient (Wildman–Crippen LogP) is 4.51. The van der Waals surface area contributed by atoms with Gasteiger partial charge in [-0.05, 0) is 12.1 Å². The number of carbonyl (C=O) groups excluding carboxylic acids is 1. The van der Waals surface area contributed by atoms with Crippen LogP contribution in [0.15, 0.2) is 66.7 Å². The van der Waals surface area contributed by atoms with Crippen molar-refractivity contribution in [1.29, 1.82) is 0 Å². The van der Waals surface area contributed by atoms with Gasteiger partial charge < -0.3 is 5.32 Å². The van der Waals surface area contributed by atoms with Gasteiger partial charge in [-0.15, -0.1) is 0 Å². The summed E-state index contributed by atoms with van der Waals surface area (Å²) in [5.41, 5.74) is 2.73. The smallest absolute Gasteiger partial charge is 0.286 e. The molecule has 0 saturated heterocycles. The highest BCUT2D eigenvalue weighted by Gasteiger charge is 2.12. The number of hydrogen-bond acceptors (Lipinski definition) is 2. The van der Waals surface area contributed by atoms with Gasteiger partial charge in [-0.25, -0.2) is 4.68 Å². The normalized spacial score (nSPS) is 10.3.